The lowest BCUT2D eigenvalue weighted by atomic mass is 10.5. The molecule has 0 bridgehead atoms. The third kappa shape index (κ3) is 1.62. The first-order chi connectivity index (χ1) is 5.77. The lowest BCUT2D eigenvalue weighted by Crippen LogP contribution is -2.17. The van der Waals surface area contributed by atoms with Gasteiger partial charge in [0, 0.05) is 12.3 Å². The average molecular weight is 295 g/mol. The topological polar surface area (TPSA) is 31.9 Å². The lowest BCUT2D eigenvalue weighted by molar-refractivity contribution is 0.350. The molecule has 5 heteroatoms. The molecule has 2 heterocycles. The van der Waals surface area contributed by atoms with E-state index >= 15 is 0 Å². The molecule has 1 fully saturated rings. The summed E-state index contributed by atoms with van der Waals surface area (Å²) in [5, 5.41) is 0.438. The summed E-state index contributed by atoms with van der Waals surface area (Å²) in [6, 6.07) is 0. The van der Waals surface area contributed by atoms with Crippen LogP contribution < -0.4 is 0 Å². The van der Waals surface area contributed by atoms with Crippen molar-refractivity contribution in [1.29, 1.82) is 0 Å². The molecule has 1 aromatic rings. The van der Waals surface area contributed by atoms with Crippen LogP contribution in [0.3, 0.4) is 0 Å². The van der Waals surface area contributed by atoms with Crippen molar-refractivity contribution in [3.63, 3.8) is 0 Å². The maximum Gasteiger partial charge on any atom is 0.134 e. The van der Waals surface area contributed by atoms with Crippen molar-refractivity contribution in [2.75, 3.05) is 19.3 Å². The Morgan fingerprint density at radius 2 is 2.67 bits per heavy atom. The summed E-state index contributed by atoms with van der Waals surface area (Å²) in [5.41, 5.74) is 0. The Kier molecular flexibility index (Phi) is 2.61. The summed E-state index contributed by atoms with van der Waals surface area (Å²) in [7, 11) is 2.14. The fourth-order valence-electron chi connectivity index (χ4n) is 1.28. The van der Waals surface area contributed by atoms with Gasteiger partial charge in [-0.1, -0.05) is 0 Å². The third-order valence-electron chi connectivity index (χ3n) is 1.92. The molecule has 0 radical (unpaired) electrons. The van der Waals surface area contributed by atoms with Gasteiger partial charge in [-0.2, -0.15) is 0 Å². The Labute approximate surface area is 89.5 Å². The Bertz CT molecular complexity index is 275. The summed E-state index contributed by atoms with van der Waals surface area (Å²) < 4.78 is 1.11. The molecule has 1 aliphatic heterocycles. The second kappa shape index (κ2) is 3.55. The van der Waals surface area contributed by atoms with Crippen LogP contribution in [0.15, 0.2) is 6.20 Å². The minimum absolute atomic E-state index is 0.438. The van der Waals surface area contributed by atoms with Crippen molar-refractivity contribution in [1.82, 2.24) is 14.9 Å². The van der Waals surface area contributed by atoms with Gasteiger partial charge in [0.05, 0.1) is 9.90 Å². The molecular formula is C7H10IN3S. The fourth-order valence-corrected chi connectivity index (χ4v) is 2.95. The zero-order chi connectivity index (χ0) is 8.55. The first kappa shape index (κ1) is 8.83. The first-order valence-electron chi connectivity index (χ1n) is 3.79. The number of nitrogens with one attached hydrogen (secondary N) is 1. The van der Waals surface area contributed by atoms with Gasteiger partial charge in [0.2, 0.25) is 0 Å². The number of aromatic amines is 1. The van der Waals surface area contributed by atoms with Gasteiger partial charge in [-0.05, 0) is 29.6 Å². The molecule has 1 saturated heterocycles. The van der Waals surface area contributed by atoms with Crippen LogP contribution in [0.25, 0.3) is 0 Å². The predicted octanol–water partition coefficient (Wildman–Crippen LogP) is 1.69. The van der Waals surface area contributed by atoms with Crippen molar-refractivity contribution < 1.29 is 0 Å². The summed E-state index contributed by atoms with van der Waals surface area (Å²) in [4.78, 5) is 9.90. The zero-order valence-corrected chi connectivity index (χ0v) is 9.72. The average Bonchev–Trinajstić information content (AvgIpc) is 2.58. The van der Waals surface area contributed by atoms with Crippen molar-refractivity contribution >= 4 is 34.4 Å². The van der Waals surface area contributed by atoms with Crippen LogP contribution >= 0.6 is 34.4 Å². The van der Waals surface area contributed by atoms with Crippen LogP contribution in [0.1, 0.15) is 11.2 Å². The highest BCUT2D eigenvalue weighted by Crippen LogP contribution is 2.34. The van der Waals surface area contributed by atoms with E-state index in [4.69, 9.17) is 0 Å². The molecule has 0 unspecified atom stereocenters. The van der Waals surface area contributed by atoms with Crippen LogP contribution in [-0.4, -0.2) is 34.2 Å². The molecule has 1 atom stereocenters. The molecule has 1 aromatic heterocycles. The van der Waals surface area contributed by atoms with E-state index in [1.165, 1.54) is 5.75 Å². The standard InChI is InChI=1S/C7H10IN3S/c1-11-2-3-12-7(11)6-9-4-5(8)10-6/h4,7H,2-3H2,1H3,(H,9,10)/t7-/m0/s1. The highest BCUT2D eigenvalue weighted by atomic mass is 127. The molecule has 2 rings (SSSR count). The largest absolute Gasteiger partial charge is 0.335 e. The lowest BCUT2D eigenvalue weighted by Gasteiger charge is -2.15. The summed E-state index contributed by atoms with van der Waals surface area (Å²) in [6.45, 7) is 1.16. The molecule has 0 aromatic carbocycles. The van der Waals surface area contributed by atoms with E-state index in [0.29, 0.717) is 5.37 Å². The van der Waals surface area contributed by atoms with Gasteiger partial charge >= 0.3 is 0 Å². The Morgan fingerprint density at radius 1 is 1.83 bits per heavy atom. The van der Waals surface area contributed by atoms with Gasteiger partial charge in [-0.3, -0.25) is 4.90 Å². The SMILES string of the molecule is CN1CCS[C@H]1c1ncc(I)[nH]1. The van der Waals surface area contributed by atoms with Crippen LogP contribution in [0.4, 0.5) is 0 Å². The number of nitrogens with zero attached hydrogens (tertiary/aromatic N) is 2. The van der Waals surface area contributed by atoms with Gasteiger partial charge < -0.3 is 4.98 Å². The van der Waals surface area contributed by atoms with E-state index in [9.17, 15) is 0 Å². The van der Waals surface area contributed by atoms with E-state index in [0.717, 1.165) is 16.1 Å². The smallest absolute Gasteiger partial charge is 0.134 e. The van der Waals surface area contributed by atoms with Gasteiger partial charge in [0.25, 0.3) is 0 Å². The maximum absolute atomic E-state index is 4.32. The van der Waals surface area contributed by atoms with Crippen LogP contribution in [0.5, 0.6) is 0 Å². The number of aromatic nitrogens is 2. The Hall–Kier alpha value is 0.250. The van der Waals surface area contributed by atoms with Crippen molar-refractivity contribution in [3.8, 4) is 0 Å². The molecular weight excluding hydrogens is 285 g/mol. The number of rotatable bonds is 1. The van der Waals surface area contributed by atoms with Crippen molar-refractivity contribution in [2.45, 2.75) is 5.37 Å². The molecule has 0 aliphatic carbocycles. The monoisotopic (exact) mass is 295 g/mol. The summed E-state index contributed by atoms with van der Waals surface area (Å²) >= 11 is 4.19. The number of hydrogen-bond acceptors (Lipinski definition) is 3. The first-order valence-corrected chi connectivity index (χ1v) is 5.92. The van der Waals surface area contributed by atoms with E-state index in [-0.39, 0.29) is 0 Å². The minimum Gasteiger partial charge on any atom is -0.335 e. The number of H-pyrrole nitrogens is 1. The van der Waals surface area contributed by atoms with Crippen LogP contribution in [-0.2, 0) is 0 Å². The number of thioether (sulfide) groups is 1. The van der Waals surface area contributed by atoms with Crippen molar-refractivity contribution in [3.05, 3.63) is 15.7 Å². The summed E-state index contributed by atoms with van der Waals surface area (Å²) in [6.07, 6.45) is 1.88. The number of halogens is 1. The fraction of sp³-hybridized carbons (Fsp3) is 0.571. The third-order valence-corrected chi connectivity index (χ3v) is 3.78. The minimum atomic E-state index is 0.438. The van der Waals surface area contributed by atoms with E-state index in [1.54, 1.807) is 0 Å². The number of imidazole rings is 1. The Balaban J connectivity index is 2.19. The molecule has 0 amide bonds. The maximum atomic E-state index is 4.32. The van der Waals surface area contributed by atoms with Crippen LogP contribution in [0.2, 0.25) is 0 Å². The predicted molar refractivity (Wildman–Crippen MR) is 59.1 cm³/mol. The van der Waals surface area contributed by atoms with Gasteiger partial charge in [-0.25, -0.2) is 4.98 Å². The second-order valence-electron chi connectivity index (χ2n) is 2.82. The van der Waals surface area contributed by atoms with Crippen LogP contribution in [0, 0.1) is 3.70 Å². The van der Waals surface area contributed by atoms with Gasteiger partial charge in [-0.15, -0.1) is 11.8 Å². The van der Waals surface area contributed by atoms with Crippen molar-refractivity contribution in [2.24, 2.45) is 0 Å². The molecule has 1 aliphatic rings. The van der Waals surface area contributed by atoms with E-state index in [1.807, 2.05) is 18.0 Å². The molecule has 12 heavy (non-hydrogen) atoms. The molecule has 0 saturated carbocycles. The molecule has 3 nitrogen and oxygen atoms in total. The highest BCUT2D eigenvalue weighted by molar-refractivity contribution is 14.1. The second-order valence-corrected chi connectivity index (χ2v) is 5.17. The normalized spacial score (nSPS) is 25.0. The Morgan fingerprint density at radius 3 is 3.17 bits per heavy atom. The number of hydrogen-bond donors (Lipinski definition) is 1. The van der Waals surface area contributed by atoms with Gasteiger partial charge in [0.1, 0.15) is 11.2 Å². The molecule has 0 spiro atoms. The summed E-state index contributed by atoms with van der Waals surface area (Å²) in [5.74, 6) is 2.29. The van der Waals surface area contributed by atoms with Gasteiger partial charge in [0.15, 0.2) is 0 Å². The highest BCUT2D eigenvalue weighted by Gasteiger charge is 2.25. The zero-order valence-electron chi connectivity index (χ0n) is 6.75. The van der Waals surface area contributed by atoms with E-state index < -0.39 is 0 Å². The molecule has 1 N–H and O–H groups in total. The molecule has 66 valence electrons. The quantitative estimate of drug-likeness (QED) is 0.800. The van der Waals surface area contributed by atoms with E-state index in [2.05, 4.69) is 44.5 Å².